The van der Waals surface area contributed by atoms with Gasteiger partial charge in [0, 0.05) is 12.6 Å². The second-order valence-corrected chi connectivity index (χ2v) is 4.30. The van der Waals surface area contributed by atoms with Crippen molar-refractivity contribution in [1.29, 1.82) is 0 Å². The Hall–Kier alpha value is -0.340. The van der Waals surface area contributed by atoms with Crippen LogP contribution in [-0.4, -0.2) is 37.6 Å². The number of likely N-dealkylation sites (N-methyl/N-ethyl adjacent to an activating group) is 1. The molecule has 0 aliphatic heterocycles. The average molecular weight is 198 g/mol. The van der Waals surface area contributed by atoms with Crippen molar-refractivity contribution in [2.45, 2.75) is 33.7 Å². The molecule has 0 aromatic carbocycles. The molecule has 2 heteroatoms. The van der Waals surface area contributed by atoms with Gasteiger partial charge in [-0.2, -0.15) is 0 Å². The first-order valence-corrected chi connectivity index (χ1v) is 5.55. The molecule has 0 aliphatic rings. The van der Waals surface area contributed by atoms with Crippen molar-refractivity contribution in [3.8, 4) is 0 Å². The molecule has 0 spiro atoms. The van der Waals surface area contributed by atoms with Crippen molar-refractivity contribution in [2.75, 3.05) is 26.7 Å². The van der Waals surface area contributed by atoms with E-state index < -0.39 is 0 Å². The lowest BCUT2D eigenvalue weighted by Crippen LogP contribution is -2.41. The smallest absolute Gasteiger partial charge is 0.0190 e. The van der Waals surface area contributed by atoms with Crippen LogP contribution in [0.2, 0.25) is 0 Å². The number of nitrogens with zero attached hydrogens (tertiary/aromatic N) is 1. The van der Waals surface area contributed by atoms with Gasteiger partial charge in [0.05, 0.1) is 0 Å². The first-order chi connectivity index (χ1) is 6.52. The molecule has 0 amide bonds. The monoisotopic (exact) mass is 198 g/mol. The minimum Gasteiger partial charge on any atom is -0.319 e. The predicted octanol–water partition coefficient (Wildman–Crippen LogP) is 2.13. The van der Waals surface area contributed by atoms with Crippen LogP contribution in [-0.2, 0) is 0 Å². The summed E-state index contributed by atoms with van der Waals surface area (Å²) in [6.45, 7) is 16.1. The van der Waals surface area contributed by atoms with E-state index in [4.69, 9.17) is 0 Å². The van der Waals surface area contributed by atoms with E-state index in [9.17, 15) is 0 Å². The third kappa shape index (κ3) is 4.77. The third-order valence-corrected chi connectivity index (χ3v) is 2.80. The van der Waals surface area contributed by atoms with Crippen LogP contribution in [0.1, 0.15) is 27.7 Å². The number of hydrogen-bond donors (Lipinski definition) is 1. The van der Waals surface area contributed by atoms with Crippen LogP contribution in [0.5, 0.6) is 0 Å². The Bertz CT molecular complexity index is 166. The summed E-state index contributed by atoms with van der Waals surface area (Å²) in [5.74, 6) is 0.680. The molecule has 0 radical (unpaired) electrons. The maximum Gasteiger partial charge on any atom is 0.0190 e. The zero-order valence-corrected chi connectivity index (χ0v) is 10.4. The quantitative estimate of drug-likeness (QED) is 0.630. The van der Waals surface area contributed by atoms with E-state index in [1.54, 1.807) is 0 Å². The molecule has 0 aromatic rings. The third-order valence-electron chi connectivity index (χ3n) is 2.80. The van der Waals surface area contributed by atoms with E-state index in [0.717, 1.165) is 19.6 Å². The Morgan fingerprint density at radius 3 is 2.36 bits per heavy atom. The normalized spacial score (nSPS) is 15.6. The van der Waals surface area contributed by atoms with Gasteiger partial charge in [-0.3, -0.25) is 4.90 Å². The predicted molar refractivity (Wildman–Crippen MR) is 64.6 cm³/mol. The molecule has 0 saturated carbocycles. The van der Waals surface area contributed by atoms with Gasteiger partial charge in [-0.25, -0.2) is 0 Å². The summed E-state index contributed by atoms with van der Waals surface area (Å²) in [5.41, 5.74) is 1.25. The van der Waals surface area contributed by atoms with Gasteiger partial charge in [-0.1, -0.05) is 26.0 Å². The number of hydrogen-bond acceptors (Lipinski definition) is 2. The van der Waals surface area contributed by atoms with Crippen LogP contribution in [0, 0.1) is 5.92 Å². The first kappa shape index (κ1) is 13.7. The van der Waals surface area contributed by atoms with Gasteiger partial charge in [-0.15, -0.1) is 0 Å². The molecule has 14 heavy (non-hydrogen) atoms. The van der Waals surface area contributed by atoms with E-state index in [1.807, 2.05) is 7.05 Å². The molecule has 0 fully saturated rings. The molecule has 0 heterocycles. The van der Waals surface area contributed by atoms with Gasteiger partial charge >= 0.3 is 0 Å². The fraction of sp³-hybridized carbons (Fsp3) is 0.833. The highest BCUT2D eigenvalue weighted by Crippen LogP contribution is 2.11. The second kappa shape index (κ2) is 7.02. The zero-order valence-electron chi connectivity index (χ0n) is 10.4. The fourth-order valence-corrected chi connectivity index (χ4v) is 1.74. The number of rotatable bonds is 7. The van der Waals surface area contributed by atoms with Crippen LogP contribution >= 0.6 is 0 Å². The largest absolute Gasteiger partial charge is 0.319 e. The van der Waals surface area contributed by atoms with E-state index >= 15 is 0 Å². The maximum atomic E-state index is 3.97. The van der Waals surface area contributed by atoms with Gasteiger partial charge in [0.2, 0.25) is 0 Å². The van der Waals surface area contributed by atoms with Crippen LogP contribution in [0.4, 0.5) is 0 Å². The van der Waals surface area contributed by atoms with Crippen molar-refractivity contribution in [3.05, 3.63) is 12.2 Å². The van der Waals surface area contributed by atoms with Gasteiger partial charge in [-0.05, 0) is 39.9 Å². The Morgan fingerprint density at radius 1 is 1.43 bits per heavy atom. The lowest BCUT2D eigenvalue weighted by atomic mass is 10.0. The standard InChI is InChI=1S/C12H26N2/c1-7-14(9-10(2)3)12(5)11(4)8-13-6/h11-13H,2,7-9H2,1,3-6H3. The Balaban J connectivity index is 4.14. The molecule has 1 N–H and O–H groups in total. The van der Waals surface area contributed by atoms with E-state index in [-0.39, 0.29) is 0 Å². The van der Waals surface area contributed by atoms with E-state index in [1.165, 1.54) is 5.57 Å². The molecule has 0 aliphatic carbocycles. The second-order valence-electron chi connectivity index (χ2n) is 4.30. The van der Waals surface area contributed by atoms with Crippen LogP contribution < -0.4 is 5.32 Å². The molecule has 0 bridgehead atoms. The molecular weight excluding hydrogens is 172 g/mol. The highest BCUT2D eigenvalue weighted by Gasteiger charge is 2.17. The first-order valence-electron chi connectivity index (χ1n) is 5.55. The summed E-state index contributed by atoms with van der Waals surface area (Å²) in [6.07, 6.45) is 0. The summed E-state index contributed by atoms with van der Waals surface area (Å²) in [7, 11) is 2.01. The lowest BCUT2D eigenvalue weighted by molar-refractivity contribution is 0.182. The summed E-state index contributed by atoms with van der Waals surface area (Å²) in [4.78, 5) is 2.48. The van der Waals surface area contributed by atoms with Crippen molar-refractivity contribution in [2.24, 2.45) is 5.92 Å². The zero-order chi connectivity index (χ0) is 11.1. The van der Waals surface area contributed by atoms with Gasteiger partial charge in [0.1, 0.15) is 0 Å². The SMILES string of the molecule is C=C(C)CN(CC)C(C)C(C)CNC. The Kier molecular flexibility index (Phi) is 6.85. The molecule has 0 saturated heterocycles. The highest BCUT2D eigenvalue weighted by atomic mass is 15.1. The number of nitrogens with one attached hydrogen (secondary N) is 1. The van der Waals surface area contributed by atoms with Crippen LogP contribution in [0.3, 0.4) is 0 Å². The molecule has 0 aromatic heterocycles. The summed E-state index contributed by atoms with van der Waals surface area (Å²) in [6, 6.07) is 0.615. The van der Waals surface area contributed by atoms with Crippen molar-refractivity contribution >= 4 is 0 Å². The Morgan fingerprint density at radius 2 is 2.00 bits per heavy atom. The van der Waals surface area contributed by atoms with Crippen LogP contribution in [0.25, 0.3) is 0 Å². The van der Waals surface area contributed by atoms with Gasteiger partial charge in [0.15, 0.2) is 0 Å². The lowest BCUT2D eigenvalue weighted by Gasteiger charge is -2.32. The molecule has 0 rings (SSSR count). The highest BCUT2D eigenvalue weighted by molar-refractivity contribution is 4.93. The topological polar surface area (TPSA) is 15.3 Å². The Labute approximate surface area is 89.4 Å². The molecular formula is C12H26N2. The molecule has 2 unspecified atom stereocenters. The fourth-order valence-electron chi connectivity index (χ4n) is 1.74. The van der Waals surface area contributed by atoms with Crippen molar-refractivity contribution < 1.29 is 0 Å². The van der Waals surface area contributed by atoms with Crippen molar-refractivity contribution in [3.63, 3.8) is 0 Å². The summed E-state index contributed by atoms with van der Waals surface area (Å²) >= 11 is 0. The average Bonchev–Trinajstić information content (AvgIpc) is 2.13. The van der Waals surface area contributed by atoms with E-state index in [2.05, 4.69) is 44.5 Å². The maximum absolute atomic E-state index is 3.97. The van der Waals surface area contributed by atoms with Crippen molar-refractivity contribution in [1.82, 2.24) is 10.2 Å². The molecule has 84 valence electrons. The summed E-state index contributed by atoms with van der Waals surface area (Å²) in [5, 5.41) is 3.23. The minimum absolute atomic E-state index is 0.615. The van der Waals surface area contributed by atoms with Gasteiger partial charge < -0.3 is 5.32 Å². The van der Waals surface area contributed by atoms with E-state index in [0.29, 0.717) is 12.0 Å². The van der Waals surface area contributed by atoms with Crippen LogP contribution in [0.15, 0.2) is 12.2 Å². The molecule has 2 atom stereocenters. The minimum atomic E-state index is 0.615. The summed E-state index contributed by atoms with van der Waals surface area (Å²) < 4.78 is 0. The molecule has 2 nitrogen and oxygen atoms in total. The van der Waals surface area contributed by atoms with Gasteiger partial charge in [0.25, 0.3) is 0 Å².